The summed E-state index contributed by atoms with van der Waals surface area (Å²) < 4.78 is 0. The monoisotopic (exact) mass is 266 g/mol. The van der Waals surface area contributed by atoms with Crippen LogP contribution in [-0.4, -0.2) is 24.5 Å². The second-order valence-electron chi connectivity index (χ2n) is 4.92. The summed E-state index contributed by atoms with van der Waals surface area (Å²) in [5.74, 6) is 0.0569. The number of carbonyl (C=O) groups is 1. The van der Waals surface area contributed by atoms with E-state index in [2.05, 4.69) is 10.6 Å². The summed E-state index contributed by atoms with van der Waals surface area (Å²) in [6, 6.07) is 8.40. The summed E-state index contributed by atoms with van der Waals surface area (Å²) in [5, 5.41) is 6.94. The maximum absolute atomic E-state index is 11.7. The van der Waals surface area contributed by atoms with E-state index < -0.39 is 0 Å². The Hall–Kier alpha value is -1.06. The van der Waals surface area contributed by atoms with Gasteiger partial charge in [-0.05, 0) is 37.8 Å². The molecule has 1 atom stereocenters. The first-order valence-corrected chi connectivity index (χ1v) is 6.79. The summed E-state index contributed by atoms with van der Waals surface area (Å²) in [4.78, 5) is 11.7. The van der Waals surface area contributed by atoms with Crippen LogP contribution >= 0.6 is 11.6 Å². The first-order chi connectivity index (χ1) is 8.65. The van der Waals surface area contributed by atoms with Gasteiger partial charge in [0.05, 0.1) is 6.54 Å². The molecule has 0 aromatic heterocycles. The number of rotatable bonds is 6. The zero-order valence-electron chi connectivity index (χ0n) is 10.6. The Balaban J connectivity index is 1.75. The van der Waals surface area contributed by atoms with Crippen LogP contribution < -0.4 is 10.6 Å². The summed E-state index contributed by atoms with van der Waals surface area (Å²) >= 11 is 6.09. The summed E-state index contributed by atoms with van der Waals surface area (Å²) in [6.07, 6.45) is 3.15. The third-order valence-electron chi connectivity index (χ3n) is 3.02. The van der Waals surface area contributed by atoms with Crippen molar-refractivity contribution in [1.29, 1.82) is 0 Å². The van der Waals surface area contributed by atoms with Gasteiger partial charge in [-0.25, -0.2) is 0 Å². The van der Waals surface area contributed by atoms with Crippen LogP contribution in [-0.2, 0) is 11.2 Å². The van der Waals surface area contributed by atoms with Gasteiger partial charge < -0.3 is 10.6 Å². The lowest BCUT2D eigenvalue weighted by molar-refractivity contribution is -0.120. The Bertz CT molecular complexity index is 418. The number of nitrogens with one attached hydrogen (secondary N) is 2. The van der Waals surface area contributed by atoms with Crippen molar-refractivity contribution in [2.45, 2.75) is 38.3 Å². The molecule has 1 saturated carbocycles. The molecular weight excluding hydrogens is 248 g/mol. The van der Waals surface area contributed by atoms with E-state index >= 15 is 0 Å². The van der Waals surface area contributed by atoms with E-state index in [0.29, 0.717) is 12.6 Å². The van der Waals surface area contributed by atoms with E-state index in [0.717, 1.165) is 17.0 Å². The lowest BCUT2D eigenvalue weighted by Gasteiger charge is -2.15. The molecule has 18 heavy (non-hydrogen) atoms. The van der Waals surface area contributed by atoms with Crippen molar-refractivity contribution in [3.63, 3.8) is 0 Å². The minimum Gasteiger partial charge on any atom is -0.352 e. The van der Waals surface area contributed by atoms with Gasteiger partial charge in [0.25, 0.3) is 0 Å². The predicted octanol–water partition coefficient (Wildman–Crippen LogP) is 2.14. The van der Waals surface area contributed by atoms with Gasteiger partial charge in [-0.15, -0.1) is 0 Å². The average molecular weight is 267 g/mol. The molecular formula is C14H19ClN2O. The summed E-state index contributed by atoms with van der Waals surface area (Å²) in [6.45, 7) is 2.41. The highest BCUT2D eigenvalue weighted by molar-refractivity contribution is 6.31. The minimum absolute atomic E-state index is 0.0569. The third-order valence-corrected chi connectivity index (χ3v) is 3.39. The molecule has 98 valence electrons. The summed E-state index contributed by atoms with van der Waals surface area (Å²) in [5.41, 5.74) is 1.07. The minimum atomic E-state index is 0.0569. The molecule has 1 aromatic carbocycles. The van der Waals surface area contributed by atoms with E-state index in [1.807, 2.05) is 31.2 Å². The molecule has 3 nitrogen and oxygen atoms in total. The smallest absolute Gasteiger partial charge is 0.234 e. The van der Waals surface area contributed by atoms with Gasteiger partial charge in [-0.1, -0.05) is 29.8 Å². The van der Waals surface area contributed by atoms with Crippen LogP contribution in [0.2, 0.25) is 5.02 Å². The zero-order chi connectivity index (χ0) is 13.0. The molecule has 0 saturated heterocycles. The van der Waals surface area contributed by atoms with E-state index in [9.17, 15) is 4.79 Å². The quantitative estimate of drug-likeness (QED) is 0.828. The number of halogens is 1. The topological polar surface area (TPSA) is 41.1 Å². The number of hydrogen-bond donors (Lipinski definition) is 2. The van der Waals surface area contributed by atoms with Crippen LogP contribution in [0.5, 0.6) is 0 Å². The van der Waals surface area contributed by atoms with Crippen molar-refractivity contribution in [2.75, 3.05) is 6.54 Å². The highest BCUT2D eigenvalue weighted by Gasteiger charge is 2.21. The lowest BCUT2D eigenvalue weighted by atomic mass is 10.1. The van der Waals surface area contributed by atoms with E-state index in [1.54, 1.807) is 0 Å². The lowest BCUT2D eigenvalue weighted by Crippen LogP contribution is -2.40. The van der Waals surface area contributed by atoms with Gasteiger partial charge in [0.1, 0.15) is 0 Å². The Morgan fingerprint density at radius 1 is 1.44 bits per heavy atom. The molecule has 2 rings (SSSR count). The van der Waals surface area contributed by atoms with Crippen LogP contribution in [0.1, 0.15) is 25.3 Å². The standard InChI is InChI=1S/C14H19ClN2O/c1-10(8-11-4-2-3-5-13(11)15)17-14(18)9-16-12-6-7-12/h2-5,10,12,16H,6-9H2,1H3,(H,17,18). The highest BCUT2D eigenvalue weighted by Crippen LogP contribution is 2.18. The molecule has 2 N–H and O–H groups in total. The average Bonchev–Trinajstić information content (AvgIpc) is 3.13. The van der Waals surface area contributed by atoms with E-state index in [-0.39, 0.29) is 11.9 Å². The molecule has 0 bridgehead atoms. The fourth-order valence-corrected chi connectivity index (χ4v) is 2.11. The van der Waals surface area contributed by atoms with Crippen molar-refractivity contribution in [3.05, 3.63) is 34.9 Å². The molecule has 1 aliphatic carbocycles. The van der Waals surface area contributed by atoms with Gasteiger partial charge in [0.2, 0.25) is 5.91 Å². The molecule has 0 radical (unpaired) electrons. The third kappa shape index (κ3) is 4.31. The largest absolute Gasteiger partial charge is 0.352 e. The molecule has 1 aromatic rings. The maximum Gasteiger partial charge on any atom is 0.234 e. The van der Waals surface area contributed by atoms with Crippen molar-refractivity contribution in [3.8, 4) is 0 Å². The second-order valence-corrected chi connectivity index (χ2v) is 5.33. The molecule has 0 spiro atoms. The van der Waals surface area contributed by atoms with Crippen LogP contribution in [0.25, 0.3) is 0 Å². The van der Waals surface area contributed by atoms with E-state index in [4.69, 9.17) is 11.6 Å². The molecule has 1 unspecified atom stereocenters. The zero-order valence-corrected chi connectivity index (χ0v) is 11.3. The Morgan fingerprint density at radius 3 is 2.83 bits per heavy atom. The van der Waals surface area contributed by atoms with Crippen molar-refractivity contribution >= 4 is 17.5 Å². The molecule has 4 heteroatoms. The van der Waals surface area contributed by atoms with Gasteiger partial charge >= 0.3 is 0 Å². The normalized spacial score (nSPS) is 16.3. The number of hydrogen-bond acceptors (Lipinski definition) is 2. The SMILES string of the molecule is CC(Cc1ccccc1Cl)NC(=O)CNC1CC1. The highest BCUT2D eigenvalue weighted by atomic mass is 35.5. The molecule has 1 amide bonds. The van der Waals surface area contributed by atoms with Crippen LogP contribution in [0.3, 0.4) is 0 Å². The van der Waals surface area contributed by atoms with Crippen LogP contribution in [0.15, 0.2) is 24.3 Å². The number of benzene rings is 1. The predicted molar refractivity (Wildman–Crippen MR) is 73.8 cm³/mol. The van der Waals surface area contributed by atoms with Gasteiger partial charge in [0, 0.05) is 17.1 Å². The van der Waals surface area contributed by atoms with Crippen molar-refractivity contribution in [1.82, 2.24) is 10.6 Å². The fourth-order valence-electron chi connectivity index (χ4n) is 1.90. The van der Waals surface area contributed by atoms with Crippen LogP contribution in [0.4, 0.5) is 0 Å². The number of carbonyl (C=O) groups excluding carboxylic acids is 1. The maximum atomic E-state index is 11.7. The first-order valence-electron chi connectivity index (χ1n) is 6.41. The van der Waals surface area contributed by atoms with Gasteiger partial charge in [-0.2, -0.15) is 0 Å². The Morgan fingerprint density at radius 2 is 2.17 bits per heavy atom. The Kier molecular flexibility index (Phi) is 4.61. The molecule has 1 aliphatic rings. The fraction of sp³-hybridized carbons (Fsp3) is 0.500. The van der Waals surface area contributed by atoms with E-state index in [1.165, 1.54) is 12.8 Å². The second kappa shape index (κ2) is 6.21. The van der Waals surface area contributed by atoms with Crippen molar-refractivity contribution < 1.29 is 4.79 Å². The van der Waals surface area contributed by atoms with Crippen LogP contribution in [0, 0.1) is 0 Å². The van der Waals surface area contributed by atoms with Crippen molar-refractivity contribution in [2.24, 2.45) is 0 Å². The number of amides is 1. The molecule has 0 aliphatic heterocycles. The molecule has 0 heterocycles. The van der Waals surface area contributed by atoms with Gasteiger partial charge in [0.15, 0.2) is 0 Å². The Labute approximate surface area is 113 Å². The summed E-state index contributed by atoms with van der Waals surface area (Å²) in [7, 11) is 0. The van der Waals surface area contributed by atoms with Gasteiger partial charge in [-0.3, -0.25) is 4.79 Å². The molecule has 1 fully saturated rings. The first kappa shape index (κ1) is 13.4.